The summed E-state index contributed by atoms with van der Waals surface area (Å²) in [5.74, 6) is 0.731. The molecule has 4 aromatic rings. The van der Waals surface area contributed by atoms with E-state index in [1.165, 1.54) is 6.08 Å². The molecule has 0 bridgehead atoms. The number of hydrogen-bond donors (Lipinski definition) is 2. The molecule has 3 heterocycles. The highest BCUT2D eigenvalue weighted by Gasteiger charge is 2.17. The van der Waals surface area contributed by atoms with Crippen molar-refractivity contribution in [3.8, 4) is 5.75 Å². The van der Waals surface area contributed by atoms with E-state index in [-0.39, 0.29) is 18.0 Å². The van der Waals surface area contributed by atoms with E-state index in [9.17, 15) is 9.59 Å². The van der Waals surface area contributed by atoms with Crippen molar-refractivity contribution >= 4 is 40.0 Å². The first-order chi connectivity index (χ1) is 19.3. The molecule has 40 heavy (non-hydrogen) atoms. The van der Waals surface area contributed by atoms with Crippen molar-refractivity contribution in [1.29, 1.82) is 0 Å². The number of ether oxygens (including phenoxy) is 1. The Bertz CT molecular complexity index is 1620. The number of hydrogen-bond acceptors (Lipinski definition) is 8. The van der Waals surface area contributed by atoms with Crippen LogP contribution in [-0.4, -0.2) is 65.7 Å². The lowest BCUT2D eigenvalue weighted by Gasteiger charge is -2.34. The van der Waals surface area contributed by atoms with Gasteiger partial charge in [0.25, 0.3) is 5.56 Å². The van der Waals surface area contributed by atoms with Crippen LogP contribution in [0.5, 0.6) is 5.75 Å². The molecule has 0 aliphatic carbocycles. The number of benzene rings is 2. The Morgan fingerprint density at radius 2 is 1.93 bits per heavy atom. The predicted molar refractivity (Wildman–Crippen MR) is 159 cm³/mol. The van der Waals surface area contributed by atoms with E-state index in [2.05, 4.69) is 45.1 Å². The van der Waals surface area contributed by atoms with Crippen molar-refractivity contribution in [1.82, 2.24) is 19.4 Å². The van der Waals surface area contributed by atoms with Crippen molar-refractivity contribution in [2.45, 2.75) is 13.5 Å². The molecule has 5 rings (SSSR count). The van der Waals surface area contributed by atoms with Gasteiger partial charge in [-0.15, -0.1) is 0 Å². The molecule has 2 aromatic carbocycles. The van der Waals surface area contributed by atoms with Crippen molar-refractivity contribution in [2.75, 3.05) is 55.9 Å². The largest absolute Gasteiger partial charge is 0.494 e. The lowest BCUT2D eigenvalue weighted by molar-refractivity contribution is -0.111. The summed E-state index contributed by atoms with van der Waals surface area (Å²) in [5.41, 5.74) is 4.42. The molecule has 0 atom stereocenters. The van der Waals surface area contributed by atoms with Gasteiger partial charge >= 0.3 is 0 Å². The van der Waals surface area contributed by atoms with E-state index in [1.54, 1.807) is 30.0 Å². The zero-order chi connectivity index (χ0) is 28.2. The summed E-state index contributed by atoms with van der Waals surface area (Å²) in [7, 11) is 3.78. The summed E-state index contributed by atoms with van der Waals surface area (Å²) in [6.07, 6.45) is 2.94. The SMILES string of the molecule is C=CC(=O)Nc1cccc(Cn2c(=O)cc(C)c3cnc(Nc4ccc(N5CCN(C)CC5)cc4OC)nc32)c1. The number of pyridine rings is 1. The second-order valence-electron chi connectivity index (χ2n) is 9.88. The molecule has 0 spiro atoms. The number of likely N-dealkylation sites (N-methyl/N-ethyl adjacent to an activating group) is 1. The summed E-state index contributed by atoms with van der Waals surface area (Å²) in [6, 6.07) is 15.0. The van der Waals surface area contributed by atoms with Crippen molar-refractivity contribution in [3.63, 3.8) is 0 Å². The summed E-state index contributed by atoms with van der Waals surface area (Å²) in [5, 5.41) is 6.81. The fraction of sp³-hybridized carbons (Fsp3) is 0.267. The number of carbonyl (C=O) groups is 1. The molecular formula is C30H33N7O3. The van der Waals surface area contributed by atoms with Crippen LogP contribution >= 0.6 is 0 Å². The third kappa shape index (κ3) is 5.81. The quantitative estimate of drug-likeness (QED) is 0.326. The number of methoxy groups -OCH3 is 1. The Hall–Kier alpha value is -4.70. The summed E-state index contributed by atoms with van der Waals surface area (Å²) in [4.78, 5) is 38.8. The Labute approximate surface area is 232 Å². The topological polar surface area (TPSA) is 105 Å². The lowest BCUT2D eigenvalue weighted by Crippen LogP contribution is -2.44. The van der Waals surface area contributed by atoms with Gasteiger partial charge in [0.2, 0.25) is 11.9 Å². The number of rotatable bonds is 8. The number of amides is 1. The fourth-order valence-corrected chi connectivity index (χ4v) is 4.80. The van der Waals surface area contributed by atoms with Crippen LogP contribution in [0, 0.1) is 6.92 Å². The standard InChI is InChI=1S/C30H33N7O3/c1-5-27(38)32-22-8-6-7-21(16-22)19-37-28(39)15-20(2)24-18-31-30(34-29(24)37)33-25-10-9-23(17-26(25)40-4)36-13-11-35(3)12-14-36/h5-10,15-18H,1,11-14,19H2,2-4H3,(H,32,38)(H,31,33,34). The molecule has 1 amide bonds. The monoisotopic (exact) mass is 539 g/mol. The Morgan fingerprint density at radius 3 is 2.67 bits per heavy atom. The van der Waals surface area contributed by atoms with Gasteiger partial charge in [0.1, 0.15) is 11.4 Å². The van der Waals surface area contributed by atoms with Crippen LogP contribution in [0.25, 0.3) is 11.0 Å². The zero-order valence-corrected chi connectivity index (χ0v) is 23.0. The lowest BCUT2D eigenvalue weighted by atomic mass is 10.1. The Kier molecular flexibility index (Phi) is 7.79. The van der Waals surface area contributed by atoms with Crippen LogP contribution in [0.15, 0.2) is 72.2 Å². The first kappa shape index (κ1) is 26.9. The number of fused-ring (bicyclic) bond motifs is 1. The van der Waals surface area contributed by atoms with Crippen LogP contribution in [0.1, 0.15) is 11.1 Å². The van der Waals surface area contributed by atoms with Gasteiger partial charge < -0.3 is 25.2 Å². The first-order valence-corrected chi connectivity index (χ1v) is 13.1. The molecule has 2 aromatic heterocycles. The Morgan fingerprint density at radius 1 is 1.12 bits per heavy atom. The molecular weight excluding hydrogens is 506 g/mol. The molecule has 2 N–H and O–H groups in total. The van der Waals surface area contributed by atoms with Gasteiger partial charge in [-0.3, -0.25) is 14.2 Å². The maximum Gasteiger partial charge on any atom is 0.252 e. The minimum absolute atomic E-state index is 0.177. The maximum absolute atomic E-state index is 13.1. The maximum atomic E-state index is 13.1. The third-order valence-electron chi connectivity index (χ3n) is 7.08. The van der Waals surface area contributed by atoms with Crippen molar-refractivity contribution < 1.29 is 9.53 Å². The zero-order valence-electron chi connectivity index (χ0n) is 23.0. The van der Waals surface area contributed by atoms with Gasteiger partial charge in [-0.1, -0.05) is 18.7 Å². The molecule has 0 saturated carbocycles. The highest BCUT2D eigenvalue weighted by molar-refractivity contribution is 5.98. The normalized spacial score (nSPS) is 13.7. The van der Waals surface area contributed by atoms with Gasteiger partial charge in [-0.25, -0.2) is 4.98 Å². The van der Waals surface area contributed by atoms with E-state index < -0.39 is 0 Å². The number of nitrogens with one attached hydrogen (secondary N) is 2. The van der Waals surface area contributed by atoms with Crippen molar-refractivity contribution in [2.24, 2.45) is 0 Å². The second kappa shape index (κ2) is 11.6. The van der Waals surface area contributed by atoms with Crippen LogP contribution in [0.2, 0.25) is 0 Å². The van der Waals surface area contributed by atoms with E-state index in [1.807, 2.05) is 37.3 Å². The molecule has 0 radical (unpaired) electrons. The molecule has 206 valence electrons. The molecule has 1 fully saturated rings. The van der Waals surface area contributed by atoms with Crippen LogP contribution in [0.3, 0.4) is 0 Å². The van der Waals surface area contributed by atoms with Crippen molar-refractivity contribution in [3.05, 3.63) is 88.9 Å². The molecule has 0 unspecified atom stereocenters. The molecule has 1 aliphatic heterocycles. The third-order valence-corrected chi connectivity index (χ3v) is 7.08. The van der Waals surface area contributed by atoms with Gasteiger partial charge in [-0.2, -0.15) is 4.98 Å². The van der Waals surface area contributed by atoms with Gasteiger partial charge in [0, 0.05) is 61.3 Å². The smallest absolute Gasteiger partial charge is 0.252 e. The van der Waals surface area contributed by atoms with Gasteiger partial charge in [-0.05, 0) is 55.4 Å². The summed E-state index contributed by atoms with van der Waals surface area (Å²) >= 11 is 0. The molecule has 10 heteroatoms. The predicted octanol–water partition coefficient (Wildman–Crippen LogP) is 3.78. The molecule has 10 nitrogen and oxygen atoms in total. The first-order valence-electron chi connectivity index (χ1n) is 13.1. The number of piperazine rings is 1. The van der Waals surface area contributed by atoms with Gasteiger partial charge in [0.15, 0.2) is 0 Å². The van der Waals surface area contributed by atoms with Crippen LogP contribution < -0.4 is 25.8 Å². The van der Waals surface area contributed by atoms with E-state index in [4.69, 9.17) is 9.72 Å². The van der Waals surface area contributed by atoms with E-state index in [0.717, 1.165) is 54.1 Å². The Balaban J connectivity index is 1.45. The average Bonchev–Trinajstić information content (AvgIpc) is 2.96. The van der Waals surface area contributed by atoms with Crippen LogP contribution in [-0.2, 0) is 11.3 Å². The van der Waals surface area contributed by atoms with E-state index in [0.29, 0.717) is 23.0 Å². The molecule has 1 aliphatic rings. The number of aryl methyl sites for hydroxylation is 1. The van der Waals surface area contributed by atoms with Crippen LogP contribution in [0.4, 0.5) is 23.0 Å². The minimum atomic E-state index is -0.300. The average molecular weight is 540 g/mol. The number of anilines is 4. The second-order valence-corrected chi connectivity index (χ2v) is 9.88. The highest BCUT2D eigenvalue weighted by atomic mass is 16.5. The number of nitrogens with zero attached hydrogens (tertiary/aromatic N) is 5. The van der Waals surface area contributed by atoms with E-state index >= 15 is 0 Å². The van der Waals surface area contributed by atoms with Gasteiger partial charge in [0.05, 0.1) is 19.3 Å². The highest BCUT2D eigenvalue weighted by Crippen LogP contribution is 2.32. The summed E-state index contributed by atoms with van der Waals surface area (Å²) in [6.45, 7) is 9.58. The fourth-order valence-electron chi connectivity index (χ4n) is 4.80. The minimum Gasteiger partial charge on any atom is -0.494 e. The number of aromatic nitrogens is 3. The molecule has 1 saturated heterocycles. The number of carbonyl (C=O) groups excluding carboxylic acids is 1. The summed E-state index contributed by atoms with van der Waals surface area (Å²) < 4.78 is 7.31.